The number of esters is 1. The fraction of sp³-hybridized carbons (Fsp3) is 0.250. The Labute approximate surface area is 162 Å². The van der Waals surface area contributed by atoms with Crippen LogP contribution in [0, 0.1) is 0 Å². The lowest BCUT2D eigenvalue weighted by atomic mass is 10.1. The van der Waals surface area contributed by atoms with Crippen molar-refractivity contribution in [2.24, 2.45) is 0 Å². The Kier molecular flexibility index (Phi) is 7.82. The van der Waals surface area contributed by atoms with Crippen LogP contribution < -0.4 is 10.6 Å². The summed E-state index contributed by atoms with van der Waals surface area (Å²) in [5.41, 5.74) is 2.25. The number of rotatable bonds is 8. The molecule has 2 aromatic carbocycles. The Hall–Kier alpha value is -2.86. The van der Waals surface area contributed by atoms with Gasteiger partial charge in [-0.2, -0.15) is 0 Å². The monoisotopic (exact) mass is 388 g/mol. The van der Waals surface area contributed by atoms with E-state index in [0.29, 0.717) is 16.3 Å². The molecule has 0 aliphatic rings. The summed E-state index contributed by atoms with van der Waals surface area (Å²) in [4.78, 5) is 35.4. The first-order valence-corrected chi connectivity index (χ1v) is 8.94. The van der Waals surface area contributed by atoms with Gasteiger partial charge in [0.25, 0.3) is 11.8 Å². The smallest absolute Gasteiger partial charge is 0.308 e. The minimum Gasteiger partial charge on any atom is -0.456 e. The first-order chi connectivity index (χ1) is 13.0. The topological polar surface area (TPSA) is 84.5 Å². The first-order valence-electron chi connectivity index (χ1n) is 8.56. The van der Waals surface area contributed by atoms with Crippen molar-refractivity contribution in [3.63, 3.8) is 0 Å². The predicted molar refractivity (Wildman–Crippen MR) is 104 cm³/mol. The molecule has 142 valence electrons. The summed E-state index contributed by atoms with van der Waals surface area (Å²) in [6.07, 6.45) is 0.887. The molecule has 0 aliphatic heterocycles. The van der Waals surface area contributed by atoms with E-state index in [-0.39, 0.29) is 25.5 Å². The van der Waals surface area contributed by atoms with Crippen LogP contribution in [0.15, 0.2) is 48.5 Å². The minimum atomic E-state index is -0.567. The highest BCUT2D eigenvalue weighted by molar-refractivity contribution is 6.30. The van der Waals surface area contributed by atoms with Crippen molar-refractivity contribution in [1.82, 2.24) is 5.32 Å². The van der Waals surface area contributed by atoms with Crippen LogP contribution in [0.5, 0.6) is 0 Å². The van der Waals surface area contributed by atoms with Gasteiger partial charge in [0.15, 0.2) is 6.61 Å². The molecule has 6 nitrogen and oxygen atoms in total. The number of carbonyl (C=O) groups is 3. The van der Waals surface area contributed by atoms with Crippen LogP contribution in [0.25, 0.3) is 0 Å². The van der Waals surface area contributed by atoms with Gasteiger partial charge in [-0.3, -0.25) is 14.4 Å². The maximum atomic E-state index is 11.9. The van der Waals surface area contributed by atoms with Crippen LogP contribution in [0.1, 0.15) is 29.3 Å². The lowest BCUT2D eigenvalue weighted by Gasteiger charge is -2.08. The second-order valence-corrected chi connectivity index (χ2v) is 6.21. The summed E-state index contributed by atoms with van der Waals surface area (Å²) >= 11 is 5.76. The lowest BCUT2D eigenvalue weighted by molar-refractivity contribution is -0.147. The molecule has 0 aromatic heterocycles. The molecule has 0 saturated carbocycles. The van der Waals surface area contributed by atoms with Gasteiger partial charge in [0, 0.05) is 22.8 Å². The summed E-state index contributed by atoms with van der Waals surface area (Å²) in [6, 6.07) is 13.8. The molecule has 0 spiro atoms. The highest BCUT2D eigenvalue weighted by Gasteiger charge is 2.10. The predicted octanol–water partition coefficient (Wildman–Crippen LogP) is 3.20. The van der Waals surface area contributed by atoms with E-state index in [1.807, 2.05) is 19.1 Å². The number of ether oxygens (including phenoxy) is 1. The molecular formula is C20H21ClN2O4. The van der Waals surface area contributed by atoms with E-state index < -0.39 is 11.9 Å². The van der Waals surface area contributed by atoms with Gasteiger partial charge in [0.05, 0.1) is 6.42 Å². The fourth-order valence-electron chi connectivity index (χ4n) is 2.22. The second kappa shape index (κ2) is 10.3. The highest BCUT2D eigenvalue weighted by Crippen LogP contribution is 2.10. The maximum Gasteiger partial charge on any atom is 0.308 e. The largest absolute Gasteiger partial charge is 0.456 e. The molecule has 27 heavy (non-hydrogen) atoms. The third kappa shape index (κ3) is 7.11. The minimum absolute atomic E-state index is 0.0300. The van der Waals surface area contributed by atoms with E-state index in [0.717, 1.165) is 6.42 Å². The van der Waals surface area contributed by atoms with Crippen molar-refractivity contribution in [1.29, 1.82) is 0 Å². The average Bonchev–Trinajstić information content (AvgIpc) is 2.67. The number of aryl methyl sites for hydroxylation is 1. The third-order valence-corrected chi connectivity index (χ3v) is 3.98. The Morgan fingerprint density at radius 3 is 2.30 bits per heavy atom. The van der Waals surface area contributed by atoms with E-state index in [1.54, 1.807) is 36.4 Å². The van der Waals surface area contributed by atoms with E-state index in [9.17, 15) is 14.4 Å². The number of anilines is 1. The molecule has 0 heterocycles. The Bertz CT molecular complexity index is 789. The van der Waals surface area contributed by atoms with Crippen LogP contribution in [-0.4, -0.2) is 30.9 Å². The summed E-state index contributed by atoms with van der Waals surface area (Å²) in [5.74, 6) is -1.30. The molecular weight excluding hydrogens is 368 g/mol. The van der Waals surface area contributed by atoms with Crippen LogP contribution in [0.2, 0.25) is 5.02 Å². The Morgan fingerprint density at radius 2 is 1.67 bits per heavy atom. The van der Waals surface area contributed by atoms with E-state index in [1.165, 1.54) is 5.56 Å². The van der Waals surface area contributed by atoms with Crippen molar-refractivity contribution in [3.8, 4) is 0 Å². The molecule has 0 saturated heterocycles. The number of halogens is 1. The van der Waals surface area contributed by atoms with Crippen molar-refractivity contribution >= 4 is 35.1 Å². The number of nitrogens with one attached hydrogen (secondary N) is 2. The maximum absolute atomic E-state index is 11.9. The van der Waals surface area contributed by atoms with Gasteiger partial charge in [-0.05, 0) is 48.4 Å². The zero-order valence-corrected chi connectivity index (χ0v) is 15.7. The van der Waals surface area contributed by atoms with Crippen LogP contribution in [-0.2, 0) is 20.7 Å². The van der Waals surface area contributed by atoms with Crippen molar-refractivity contribution < 1.29 is 19.1 Å². The van der Waals surface area contributed by atoms with Gasteiger partial charge in [0.2, 0.25) is 0 Å². The third-order valence-electron chi connectivity index (χ3n) is 3.73. The number of benzene rings is 2. The van der Waals surface area contributed by atoms with Gasteiger partial charge in [-0.1, -0.05) is 30.7 Å². The number of carbonyl (C=O) groups excluding carboxylic acids is 3. The summed E-state index contributed by atoms with van der Waals surface area (Å²) < 4.78 is 4.90. The molecule has 0 fully saturated rings. The number of hydrogen-bond donors (Lipinski definition) is 2. The standard InChI is InChI=1S/C20H21ClN2O4/c1-2-14-3-9-17(10-4-14)23-18(24)13-27-19(25)11-12-22-20(26)15-5-7-16(21)8-6-15/h3-10H,2,11-13H2,1H3,(H,22,26)(H,23,24). The van der Waals surface area contributed by atoms with E-state index in [2.05, 4.69) is 10.6 Å². The number of hydrogen-bond acceptors (Lipinski definition) is 4. The Balaban J connectivity index is 1.65. The van der Waals surface area contributed by atoms with Gasteiger partial charge >= 0.3 is 5.97 Å². The lowest BCUT2D eigenvalue weighted by Crippen LogP contribution is -2.27. The Morgan fingerprint density at radius 1 is 1.00 bits per heavy atom. The summed E-state index contributed by atoms with van der Waals surface area (Å²) in [7, 11) is 0. The molecule has 2 aromatic rings. The van der Waals surface area contributed by atoms with Crippen molar-refractivity contribution in [2.45, 2.75) is 19.8 Å². The molecule has 0 aliphatic carbocycles. The van der Waals surface area contributed by atoms with Gasteiger partial charge < -0.3 is 15.4 Å². The van der Waals surface area contributed by atoms with Crippen molar-refractivity contribution in [3.05, 3.63) is 64.7 Å². The zero-order chi connectivity index (χ0) is 19.6. The quantitative estimate of drug-likeness (QED) is 0.680. The van der Waals surface area contributed by atoms with Crippen LogP contribution >= 0.6 is 11.6 Å². The molecule has 0 unspecified atom stereocenters. The molecule has 0 radical (unpaired) electrons. The molecule has 2 amide bonds. The molecule has 2 rings (SSSR count). The van der Waals surface area contributed by atoms with E-state index >= 15 is 0 Å². The summed E-state index contributed by atoms with van der Waals surface area (Å²) in [5, 5.41) is 5.79. The number of amides is 2. The average molecular weight is 389 g/mol. The zero-order valence-electron chi connectivity index (χ0n) is 15.0. The SMILES string of the molecule is CCc1ccc(NC(=O)COC(=O)CCNC(=O)c2ccc(Cl)cc2)cc1. The van der Waals surface area contributed by atoms with E-state index in [4.69, 9.17) is 16.3 Å². The van der Waals surface area contributed by atoms with Crippen molar-refractivity contribution in [2.75, 3.05) is 18.5 Å². The second-order valence-electron chi connectivity index (χ2n) is 5.77. The normalized spacial score (nSPS) is 10.1. The van der Waals surface area contributed by atoms with Gasteiger partial charge in [-0.25, -0.2) is 0 Å². The highest BCUT2D eigenvalue weighted by atomic mass is 35.5. The van der Waals surface area contributed by atoms with Gasteiger partial charge in [-0.15, -0.1) is 0 Å². The van der Waals surface area contributed by atoms with Gasteiger partial charge in [0.1, 0.15) is 0 Å². The van der Waals surface area contributed by atoms with Crippen LogP contribution in [0.3, 0.4) is 0 Å². The fourth-order valence-corrected chi connectivity index (χ4v) is 2.35. The first kappa shape index (κ1) is 20.5. The summed E-state index contributed by atoms with van der Waals surface area (Å²) in [6.45, 7) is 1.78. The van der Waals surface area contributed by atoms with Crippen LogP contribution in [0.4, 0.5) is 5.69 Å². The molecule has 2 N–H and O–H groups in total. The molecule has 0 atom stereocenters. The molecule has 0 bridgehead atoms. The molecule has 7 heteroatoms.